The number of ether oxygens (including phenoxy) is 1. The fourth-order valence-corrected chi connectivity index (χ4v) is 1.59. The van der Waals surface area contributed by atoms with Crippen molar-refractivity contribution in [3.63, 3.8) is 0 Å². The predicted octanol–water partition coefficient (Wildman–Crippen LogP) is 1.91. The Bertz CT molecular complexity index is 491. The predicted molar refractivity (Wildman–Crippen MR) is 63.7 cm³/mol. The molecular formula is C13H14N2O2. The summed E-state index contributed by atoms with van der Waals surface area (Å²) in [5.41, 5.74) is 1.60. The smallest absolute Gasteiger partial charge is 0.358 e. The molecule has 0 atom stereocenters. The van der Waals surface area contributed by atoms with Gasteiger partial charge in [-0.05, 0) is 18.1 Å². The third-order valence-electron chi connectivity index (χ3n) is 2.51. The summed E-state index contributed by atoms with van der Waals surface area (Å²) in [6, 6.07) is 11.8. The van der Waals surface area contributed by atoms with Gasteiger partial charge in [0.25, 0.3) is 0 Å². The Morgan fingerprint density at radius 2 is 2.06 bits per heavy atom. The highest BCUT2D eigenvalue weighted by atomic mass is 16.5. The van der Waals surface area contributed by atoms with Gasteiger partial charge in [0.1, 0.15) is 0 Å². The average Bonchev–Trinajstić information content (AvgIpc) is 2.85. The van der Waals surface area contributed by atoms with Gasteiger partial charge in [-0.15, -0.1) is 0 Å². The first kappa shape index (κ1) is 11.4. The van der Waals surface area contributed by atoms with Crippen LogP contribution in [0.3, 0.4) is 0 Å². The Hall–Kier alpha value is -2.10. The Morgan fingerprint density at radius 1 is 1.29 bits per heavy atom. The van der Waals surface area contributed by atoms with Crippen molar-refractivity contribution in [1.29, 1.82) is 0 Å². The molecule has 17 heavy (non-hydrogen) atoms. The number of benzene rings is 1. The molecule has 0 N–H and O–H groups in total. The molecule has 0 saturated carbocycles. The van der Waals surface area contributed by atoms with Gasteiger partial charge in [-0.3, -0.25) is 4.68 Å². The Labute approximate surface area is 99.8 Å². The Morgan fingerprint density at radius 3 is 2.76 bits per heavy atom. The second kappa shape index (κ2) is 5.30. The van der Waals surface area contributed by atoms with Gasteiger partial charge in [-0.25, -0.2) is 4.79 Å². The zero-order valence-electron chi connectivity index (χ0n) is 9.67. The van der Waals surface area contributed by atoms with Crippen molar-refractivity contribution in [3.8, 4) is 0 Å². The van der Waals surface area contributed by atoms with Crippen molar-refractivity contribution in [2.75, 3.05) is 7.11 Å². The van der Waals surface area contributed by atoms with Crippen LogP contribution in [0.5, 0.6) is 0 Å². The third kappa shape index (κ3) is 2.93. The maximum atomic E-state index is 11.2. The third-order valence-corrected chi connectivity index (χ3v) is 2.51. The molecule has 0 aliphatic carbocycles. The van der Waals surface area contributed by atoms with Crippen LogP contribution in [0.25, 0.3) is 0 Å². The number of hydrogen-bond donors (Lipinski definition) is 0. The van der Waals surface area contributed by atoms with Crippen LogP contribution in [0.4, 0.5) is 0 Å². The molecule has 0 radical (unpaired) electrons. The molecule has 0 bridgehead atoms. The van der Waals surface area contributed by atoms with Crippen LogP contribution in [-0.4, -0.2) is 22.9 Å². The van der Waals surface area contributed by atoms with E-state index in [0.29, 0.717) is 5.69 Å². The molecule has 88 valence electrons. The van der Waals surface area contributed by atoms with Gasteiger partial charge in [-0.1, -0.05) is 30.3 Å². The van der Waals surface area contributed by atoms with Crippen LogP contribution in [0, 0.1) is 0 Å². The summed E-state index contributed by atoms with van der Waals surface area (Å²) in [6.07, 6.45) is 2.68. The van der Waals surface area contributed by atoms with E-state index in [2.05, 4.69) is 22.0 Å². The quantitative estimate of drug-likeness (QED) is 0.754. The Kier molecular flexibility index (Phi) is 3.55. The zero-order chi connectivity index (χ0) is 12.1. The highest BCUT2D eigenvalue weighted by Crippen LogP contribution is 2.03. The van der Waals surface area contributed by atoms with Crippen LogP contribution in [0.1, 0.15) is 16.1 Å². The molecule has 0 unspecified atom stereocenters. The van der Waals surface area contributed by atoms with Crippen molar-refractivity contribution in [1.82, 2.24) is 9.78 Å². The van der Waals surface area contributed by atoms with Gasteiger partial charge >= 0.3 is 5.97 Å². The minimum atomic E-state index is -0.400. The van der Waals surface area contributed by atoms with Gasteiger partial charge in [0.05, 0.1) is 7.11 Å². The monoisotopic (exact) mass is 230 g/mol. The zero-order valence-corrected chi connectivity index (χ0v) is 9.67. The number of esters is 1. The van der Waals surface area contributed by atoms with E-state index in [9.17, 15) is 4.79 Å². The summed E-state index contributed by atoms with van der Waals surface area (Å²) in [6.45, 7) is 0.751. The van der Waals surface area contributed by atoms with Crippen molar-refractivity contribution in [2.24, 2.45) is 0 Å². The van der Waals surface area contributed by atoms with Crippen LogP contribution in [0.2, 0.25) is 0 Å². The number of aryl methyl sites for hydroxylation is 2. The van der Waals surface area contributed by atoms with Crippen LogP contribution < -0.4 is 0 Å². The van der Waals surface area contributed by atoms with E-state index in [4.69, 9.17) is 0 Å². The Balaban J connectivity index is 1.96. The van der Waals surface area contributed by atoms with Gasteiger partial charge in [0.2, 0.25) is 0 Å². The summed E-state index contributed by atoms with van der Waals surface area (Å²) >= 11 is 0. The normalized spacial score (nSPS) is 10.2. The molecule has 2 aromatic rings. The van der Waals surface area contributed by atoms with Gasteiger partial charge < -0.3 is 4.74 Å². The standard InChI is InChI=1S/C13H14N2O2/c1-17-13(16)12-8-10-15(14-12)9-7-11-5-3-2-4-6-11/h2-6,8,10H,7,9H2,1H3. The molecule has 0 saturated heterocycles. The summed E-state index contributed by atoms with van der Waals surface area (Å²) in [5.74, 6) is -0.400. The molecule has 0 aliphatic rings. The molecule has 2 rings (SSSR count). The van der Waals surface area contributed by atoms with Gasteiger partial charge in [0, 0.05) is 12.7 Å². The first-order valence-electron chi connectivity index (χ1n) is 5.45. The topological polar surface area (TPSA) is 44.1 Å². The average molecular weight is 230 g/mol. The fourth-order valence-electron chi connectivity index (χ4n) is 1.59. The van der Waals surface area contributed by atoms with Crippen LogP contribution in [0.15, 0.2) is 42.6 Å². The summed E-state index contributed by atoms with van der Waals surface area (Å²) < 4.78 is 6.35. The van der Waals surface area contributed by atoms with E-state index in [0.717, 1.165) is 13.0 Å². The summed E-state index contributed by atoms with van der Waals surface area (Å²) in [4.78, 5) is 11.2. The minimum absolute atomic E-state index is 0.348. The van der Waals surface area contributed by atoms with E-state index in [1.54, 1.807) is 16.9 Å². The van der Waals surface area contributed by atoms with Crippen LogP contribution in [-0.2, 0) is 17.7 Å². The number of nitrogens with zero attached hydrogens (tertiary/aromatic N) is 2. The molecule has 1 aromatic carbocycles. The van der Waals surface area contributed by atoms with E-state index in [-0.39, 0.29) is 0 Å². The summed E-state index contributed by atoms with van der Waals surface area (Å²) in [7, 11) is 1.35. The van der Waals surface area contributed by atoms with Crippen molar-refractivity contribution in [3.05, 3.63) is 53.9 Å². The molecule has 0 fully saturated rings. The van der Waals surface area contributed by atoms with E-state index >= 15 is 0 Å². The first-order chi connectivity index (χ1) is 8.29. The lowest BCUT2D eigenvalue weighted by Gasteiger charge is -2.01. The largest absolute Gasteiger partial charge is 0.464 e. The lowest BCUT2D eigenvalue weighted by Crippen LogP contribution is -2.06. The molecule has 1 heterocycles. The number of carbonyl (C=O) groups is 1. The van der Waals surface area contributed by atoms with Crippen molar-refractivity contribution < 1.29 is 9.53 Å². The highest BCUT2D eigenvalue weighted by molar-refractivity contribution is 5.86. The second-order valence-corrected chi connectivity index (χ2v) is 3.69. The maximum absolute atomic E-state index is 11.2. The number of carbonyl (C=O) groups excluding carboxylic acids is 1. The van der Waals surface area contributed by atoms with Crippen molar-refractivity contribution in [2.45, 2.75) is 13.0 Å². The van der Waals surface area contributed by atoms with E-state index in [1.807, 2.05) is 18.2 Å². The molecule has 1 aromatic heterocycles. The van der Waals surface area contributed by atoms with Gasteiger partial charge in [-0.2, -0.15) is 5.10 Å². The minimum Gasteiger partial charge on any atom is -0.464 e. The van der Waals surface area contributed by atoms with Crippen LogP contribution >= 0.6 is 0 Å². The van der Waals surface area contributed by atoms with E-state index < -0.39 is 5.97 Å². The number of aromatic nitrogens is 2. The molecule has 0 amide bonds. The van der Waals surface area contributed by atoms with E-state index in [1.165, 1.54) is 12.7 Å². The van der Waals surface area contributed by atoms with Crippen molar-refractivity contribution >= 4 is 5.97 Å². The first-order valence-corrected chi connectivity index (χ1v) is 5.45. The summed E-state index contributed by atoms with van der Waals surface area (Å²) in [5, 5.41) is 4.14. The molecule has 4 nitrogen and oxygen atoms in total. The number of hydrogen-bond acceptors (Lipinski definition) is 3. The van der Waals surface area contributed by atoms with Gasteiger partial charge in [0.15, 0.2) is 5.69 Å². The highest BCUT2D eigenvalue weighted by Gasteiger charge is 2.08. The molecule has 0 aliphatic heterocycles. The number of rotatable bonds is 4. The molecular weight excluding hydrogens is 216 g/mol. The maximum Gasteiger partial charge on any atom is 0.358 e. The molecule has 0 spiro atoms. The molecule has 4 heteroatoms. The lowest BCUT2D eigenvalue weighted by molar-refractivity contribution is 0.0593. The SMILES string of the molecule is COC(=O)c1ccn(CCc2ccccc2)n1. The second-order valence-electron chi connectivity index (χ2n) is 3.69. The number of methoxy groups -OCH3 is 1. The lowest BCUT2D eigenvalue weighted by atomic mass is 10.2. The fraction of sp³-hybridized carbons (Fsp3) is 0.231.